The lowest BCUT2D eigenvalue weighted by atomic mass is 9.90. The highest BCUT2D eigenvalue weighted by molar-refractivity contribution is 7.41. The summed E-state index contributed by atoms with van der Waals surface area (Å²) in [6, 6.07) is 0. The van der Waals surface area contributed by atoms with Crippen molar-refractivity contribution in [2.45, 2.75) is 88.5 Å². The smallest absolute Gasteiger partial charge is 0.175 e. The first-order valence-corrected chi connectivity index (χ1v) is 8.38. The van der Waals surface area contributed by atoms with Gasteiger partial charge in [0.2, 0.25) is 0 Å². The lowest BCUT2D eigenvalue weighted by Crippen LogP contribution is -2.72. The van der Waals surface area contributed by atoms with Gasteiger partial charge in [0.25, 0.3) is 0 Å². The van der Waals surface area contributed by atoms with Crippen LogP contribution in [0, 0.1) is 0 Å². The third kappa shape index (κ3) is 1.64. The molecule has 0 aromatic heterocycles. The Kier molecular flexibility index (Phi) is 2.89. The summed E-state index contributed by atoms with van der Waals surface area (Å²) in [6.07, 6.45) is 5.81. The van der Waals surface area contributed by atoms with E-state index in [9.17, 15) is 0 Å². The zero-order valence-corrected chi connectivity index (χ0v) is 13.0. The average molecular weight is 272 g/mol. The van der Waals surface area contributed by atoms with Crippen LogP contribution in [0.2, 0.25) is 0 Å². The van der Waals surface area contributed by atoms with Gasteiger partial charge in [0.15, 0.2) is 11.6 Å². The lowest BCUT2D eigenvalue weighted by molar-refractivity contribution is -0.482. The molecule has 18 heavy (non-hydrogen) atoms. The number of hydrogen-bond donors (Lipinski definition) is 0. The molecule has 104 valence electrons. The van der Waals surface area contributed by atoms with Gasteiger partial charge >= 0.3 is 0 Å². The molecule has 0 aromatic rings. The van der Waals surface area contributed by atoms with Gasteiger partial charge in [0, 0.05) is 12.8 Å². The van der Waals surface area contributed by atoms with Crippen molar-refractivity contribution in [2.75, 3.05) is 0 Å². The third-order valence-corrected chi connectivity index (χ3v) is 7.10. The van der Waals surface area contributed by atoms with Crippen molar-refractivity contribution >= 4 is 8.58 Å². The second-order valence-electron chi connectivity index (χ2n) is 6.01. The molecule has 4 aliphatic rings. The molecule has 0 amide bonds. The Morgan fingerprint density at radius 1 is 0.722 bits per heavy atom. The lowest BCUT2D eigenvalue weighted by Gasteiger charge is -2.69. The van der Waals surface area contributed by atoms with Crippen LogP contribution in [-0.2, 0) is 14.2 Å². The van der Waals surface area contributed by atoms with Gasteiger partial charge in [0.1, 0.15) is 0 Å². The molecule has 0 spiro atoms. The molecule has 0 unspecified atom stereocenters. The highest BCUT2D eigenvalue weighted by Crippen LogP contribution is 2.71. The molecule has 4 heteroatoms. The number of rotatable bonds is 4. The summed E-state index contributed by atoms with van der Waals surface area (Å²) in [5.41, 5.74) is 0. The fraction of sp³-hybridized carbons (Fsp3) is 1.00. The Morgan fingerprint density at radius 2 is 1.17 bits per heavy atom. The molecule has 0 radical (unpaired) electrons. The van der Waals surface area contributed by atoms with Gasteiger partial charge in [-0.15, -0.1) is 0 Å². The minimum absolute atomic E-state index is 0.0107. The van der Waals surface area contributed by atoms with Crippen molar-refractivity contribution < 1.29 is 14.2 Å². The summed E-state index contributed by atoms with van der Waals surface area (Å²) < 4.78 is 19.2. The van der Waals surface area contributed by atoms with Crippen LogP contribution in [-0.4, -0.2) is 22.3 Å². The highest BCUT2D eigenvalue weighted by atomic mass is 31.1. The number of hydrogen-bond acceptors (Lipinski definition) is 3. The standard InChI is InChI=1S/C14H25O3P/c1-5-11-9-13(7-3)17-12(6-2,15-11)10-14(8-4,16-11)18-13/h18H,5-10H2,1-4H3/t11-,12-,13+,14+/m1/s1. The Bertz CT molecular complexity index is 253. The molecule has 4 atom stereocenters. The first-order valence-electron chi connectivity index (χ1n) is 7.38. The molecule has 4 saturated heterocycles. The Morgan fingerprint density at radius 3 is 1.50 bits per heavy atom. The van der Waals surface area contributed by atoms with Crippen molar-refractivity contribution in [1.29, 1.82) is 0 Å². The third-order valence-electron chi connectivity index (χ3n) is 4.92. The van der Waals surface area contributed by atoms with E-state index in [0.29, 0.717) is 0 Å². The van der Waals surface area contributed by atoms with Crippen molar-refractivity contribution in [2.24, 2.45) is 0 Å². The van der Waals surface area contributed by atoms with E-state index in [2.05, 4.69) is 27.7 Å². The summed E-state index contributed by atoms with van der Waals surface area (Å²) in [5, 5.41) is 0.0214. The fourth-order valence-corrected chi connectivity index (χ4v) is 6.22. The molecule has 0 saturated carbocycles. The largest absolute Gasteiger partial charge is 0.339 e. The molecule has 4 heterocycles. The maximum atomic E-state index is 6.46. The zero-order chi connectivity index (χ0) is 13.1. The average Bonchev–Trinajstić information content (AvgIpc) is 2.37. The van der Waals surface area contributed by atoms with Gasteiger partial charge < -0.3 is 14.2 Å². The zero-order valence-electron chi connectivity index (χ0n) is 12.0. The van der Waals surface area contributed by atoms with E-state index < -0.39 is 0 Å². The second kappa shape index (κ2) is 3.91. The van der Waals surface area contributed by atoms with Crippen molar-refractivity contribution in [3.05, 3.63) is 0 Å². The van der Waals surface area contributed by atoms with Gasteiger partial charge in [-0.3, -0.25) is 0 Å². The topological polar surface area (TPSA) is 27.7 Å². The summed E-state index contributed by atoms with van der Waals surface area (Å²) in [5.74, 6) is -0.770. The van der Waals surface area contributed by atoms with Crippen LogP contribution >= 0.6 is 8.58 Å². The Balaban J connectivity index is 2.06. The molecule has 4 rings (SSSR count). The van der Waals surface area contributed by atoms with Gasteiger partial charge in [-0.2, -0.15) is 0 Å². The molecule has 4 aliphatic heterocycles. The predicted molar refractivity (Wildman–Crippen MR) is 72.9 cm³/mol. The molecular weight excluding hydrogens is 247 g/mol. The summed E-state index contributed by atoms with van der Waals surface area (Å²) in [4.78, 5) is 0. The molecule has 4 fully saturated rings. The molecule has 0 N–H and O–H groups in total. The van der Waals surface area contributed by atoms with E-state index in [1.54, 1.807) is 0 Å². The van der Waals surface area contributed by atoms with Crippen LogP contribution in [0.3, 0.4) is 0 Å². The van der Waals surface area contributed by atoms with Crippen LogP contribution in [0.5, 0.6) is 0 Å². The van der Waals surface area contributed by atoms with Crippen LogP contribution in [0.4, 0.5) is 0 Å². The highest BCUT2D eigenvalue weighted by Gasteiger charge is 2.69. The van der Waals surface area contributed by atoms with E-state index >= 15 is 0 Å². The van der Waals surface area contributed by atoms with E-state index in [0.717, 1.165) is 47.1 Å². The van der Waals surface area contributed by atoms with Gasteiger partial charge in [-0.25, -0.2) is 0 Å². The van der Waals surface area contributed by atoms with Crippen LogP contribution in [0.15, 0.2) is 0 Å². The van der Waals surface area contributed by atoms with Crippen LogP contribution in [0.25, 0.3) is 0 Å². The van der Waals surface area contributed by atoms with Crippen molar-refractivity contribution in [3.8, 4) is 0 Å². The first kappa shape index (κ1) is 13.3. The monoisotopic (exact) mass is 272 g/mol. The van der Waals surface area contributed by atoms with Gasteiger partial charge in [-0.1, -0.05) is 36.3 Å². The SMILES string of the molecule is CC[C@]12C[C@@]3(CC)O[C@](CC)(C[C@@](CC)(O1)P3)O2. The maximum absolute atomic E-state index is 6.46. The van der Waals surface area contributed by atoms with Crippen molar-refractivity contribution in [1.82, 2.24) is 0 Å². The van der Waals surface area contributed by atoms with E-state index in [4.69, 9.17) is 14.2 Å². The molecule has 4 bridgehead atoms. The first-order chi connectivity index (χ1) is 8.49. The molecule has 0 aliphatic carbocycles. The van der Waals surface area contributed by atoms with E-state index in [1.807, 2.05) is 0 Å². The van der Waals surface area contributed by atoms with Gasteiger partial charge in [0.05, 0.1) is 10.7 Å². The maximum Gasteiger partial charge on any atom is 0.175 e. The van der Waals surface area contributed by atoms with Crippen LogP contribution < -0.4 is 0 Å². The summed E-state index contributed by atoms with van der Waals surface area (Å²) >= 11 is 0. The van der Waals surface area contributed by atoms with Crippen molar-refractivity contribution in [3.63, 3.8) is 0 Å². The quantitative estimate of drug-likeness (QED) is 0.725. The molecule has 3 nitrogen and oxygen atoms in total. The normalized spacial score (nSPS) is 55.3. The fourth-order valence-electron chi connectivity index (χ4n) is 3.84. The summed E-state index contributed by atoms with van der Waals surface area (Å²) in [7, 11) is 0.754. The minimum Gasteiger partial charge on any atom is -0.339 e. The molecular formula is C14H25O3P. The number of ether oxygens (including phenoxy) is 3. The predicted octanol–water partition coefficient (Wildman–Crippen LogP) is 3.96. The van der Waals surface area contributed by atoms with E-state index in [1.165, 1.54) is 0 Å². The molecule has 0 aromatic carbocycles. The Labute approximate surface area is 112 Å². The van der Waals surface area contributed by atoms with E-state index in [-0.39, 0.29) is 22.3 Å². The van der Waals surface area contributed by atoms with Gasteiger partial charge in [-0.05, 0) is 25.7 Å². The van der Waals surface area contributed by atoms with Crippen LogP contribution in [0.1, 0.15) is 66.2 Å². The Hall–Kier alpha value is 0.310. The summed E-state index contributed by atoms with van der Waals surface area (Å²) in [6.45, 7) is 8.84. The second-order valence-corrected chi connectivity index (χ2v) is 8.08. The minimum atomic E-state index is -0.385.